The number of carbonyl (C=O) groups excluding carboxylic acids is 1. The van der Waals surface area contributed by atoms with E-state index in [2.05, 4.69) is 37.3 Å². The van der Waals surface area contributed by atoms with Gasteiger partial charge in [0.2, 0.25) is 0 Å². The van der Waals surface area contributed by atoms with Crippen molar-refractivity contribution >= 4 is 17.3 Å². The summed E-state index contributed by atoms with van der Waals surface area (Å²) in [5, 5.41) is 17.4. The van der Waals surface area contributed by atoms with Crippen LogP contribution in [0.15, 0.2) is 73.3 Å². The van der Waals surface area contributed by atoms with Gasteiger partial charge in [-0.05, 0) is 80.3 Å². The number of nitrogens with one attached hydrogen (secondary N) is 1. The molecule has 12 heteroatoms. The maximum Gasteiger partial charge on any atom is 0.251 e. The van der Waals surface area contributed by atoms with Crippen molar-refractivity contribution in [2.75, 3.05) is 49.2 Å². The van der Waals surface area contributed by atoms with Gasteiger partial charge in [0.1, 0.15) is 35.6 Å². The Morgan fingerprint density at radius 1 is 1.00 bits per heavy atom. The number of benzene rings is 3. The monoisotopic (exact) mass is 686 g/mol. The number of amides is 1. The van der Waals surface area contributed by atoms with Crippen LogP contribution in [-0.4, -0.2) is 77.3 Å². The first kappa shape index (κ1) is 33.9. The molecule has 1 aliphatic carbocycles. The van der Waals surface area contributed by atoms with E-state index in [4.69, 9.17) is 9.47 Å². The second-order valence-electron chi connectivity index (χ2n) is 13.8. The number of ether oxygens (including phenoxy) is 2. The van der Waals surface area contributed by atoms with Gasteiger partial charge in [0, 0.05) is 60.7 Å². The number of nitrogens with zero attached hydrogens (tertiary/aromatic N) is 5. The second kappa shape index (κ2) is 14.7. The molecule has 0 radical (unpaired) electrons. The molecule has 7 rings (SSSR count). The van der Waals surface area contributed by atoms with Gasteiger partial charge in [0.25, 0.3) is 5.91 Å². The number of aliphatic hydroxyl groups is 1. The minimum atomic E-state index is -1.02. The highest BCUT2D eigenvalue weighted by atomic mass is 19.1. The summed E-state index contributed by atoms with van der Waals surface area (Å²) in [4.78, 5) is 21.5. The Hall–Kier alpha value is -4.55. The fraction of sp³-hybridized carbons (Fsp3) is 0.447. The summed E-state index contributed by atoms with van der Waals surface area (Å²) < 4.78 is 42.9. The van der Waals surface area contributed by atoms with E-state index in [9.17, 15) is 14.3 Å². The molecular weight excluding hydrogens is 642 g/mol. The summed E-state index contributed by atoms with van der Waals surface area (Å²) >= 11 is 0. The zero-order valence-corrected chi connectivity index (χ0v) is 28.3. The van der Waals surface area contributed by atoms with E-state index >= 15 is 4.39 Å². The Balaban J connectivity index is 0.920. The van der Waals surface area contributed by atoms with Gasteiger partial charge >= 0.3 is 0 Å². The van der Waals surface area contributed by atoms with Crippen molar-refractivity contribution in [2.24, 2.45) is 5.92 Å². The molecule has 3 heterocycles. The van der Waals surface area contributed by atoms with E-state index in [0.717, 1.165) is 80.6 Å². The number of halogens is 2. The fourth-order valence-corrected chi connectivity index (χ4v) is 7.56. The van der Waals surface area contributed by atoms with Gasteiger partial charge in [-0.1, -0.05) is 18.9 Å². The molecule has 1 aromatic heterocycles. The highest BCUT2D eigenvalue weighted by Crippen LogP contribution is 2.42. The third-order valence-corrected chi connectivity index (χ3v) is 10.3. The Labute approximate surface area is 291 Å². The standard InChI is InChI=1S/C38H44F2N6O4/c1-26-18-31(45-16-14-44(15-17-45)30-9-6-28(7-10-30)37(48)43-34-4-2-3-5-35(34)47)11-13-36(26)49-21-27-20-38(50-22-27,23-46-25-41-24-42-46)32-12-8-29(39)19-33(32)40/h6-13,18-19,24-25,27,34-35,47H,2-5,14-17,20-23H2,1H3,(H,43,48)/t27-,34?,35?,38+/m1/s1. The molecule has 4 atom stereocenters. The molecular formula is C38H44F2N6O4. The van der Waals surface area contributed by atoms with E-state index in [-0.39, 0.29) is 24.4 Å². The van der Waals surface area contributed by atoms with E-state index in [1.165, 1.54) is 18.5 Å². The summed E-state index contributed by atoms with van der Waals surface area (Å²) in [6.45, 7) is 6.46. The topological polar surface area (TPSA) is 105 Å². The Morgan fingerprint density at radius 2 is 1.74 bits per heavy atom. The average molecular weight is 687 g/mol. The van der Waals surface area contributed by atoms with Gasteiger partial charge < -0.3 is 29.7 Å². The van der Waals surface area contributed by atoms with Gasteiger partial charge in [-0.15, -0.1) is 0 Å². The largest absolute Gasteiger partial charge is 0.493 e. The van der Waals surface area contributed by atoms with Gasteiger partial charge in [-0.25, -0.2) is 18.4 Å². The van der Waals surface area contributed by atoms with Crippen molar-refractivity contribution in [3.8, 4) is 5.75 Å². The second-order valence-corrected chi connectivity index (χ2v) is 13.8. The molecule has 264 valence electrons. The molecule has 0 bridgehead atoms. The van der Waals surface area contributed by atoms with Crippen molar-refractivity contribution in [1.82, 2.24) is 20.1 Å². The lowest BCUT2D eigenvalue weighted by molar-refractivity contribution is -0.0206. The first-order valence-electron chi connectivity index (χ1n) is 17.5. The molecule has 2 unspecified atom stereocenters. The van der Waals surface area contributed by atoms with Gasteiger partial charge in [0.15, 0.2) is 0 Å². The summed E-state index contributed by atoms with van der Waals surface area (Å²) in [7, 11) is 0. The third-order valence-electron chi connectivity index (χ3n) is 10.3. The van der Waals surface area contributed by atoms with Crippen LogP contribution in [0.3, 0.4) is 0 Å². The van der Waals surface area contributed by atoms with Crippen molar-refractivity contribution < 1.29 is 28.2 Å². The van der Waals surface area contributed by atoms with E-state index in [1.54, 1.807) is 11.0 Å². The first-order valence-corrected chi connectivity index (χ1v) is 17.5. The maximum atomic E-state index is 15.0. The number of rotatable bonds is 10. The summed E-state index contributed by atoms with van der Waals surface area (Å²) in [5.74, 6) is -0.637. The summed E-state index contributed by atoms with van der Waals surface area (Å²) in [6.07, 6.45) is 6.59. The molecule has 1 amide bonds. The molecule has 2 N–H and O–H groups in total. The van der Waals surface area contributed by atoms with Crippen LogP contribution < -0.4 is 19.9 Å². The van der Waals surface area contributed by atoms with Gasteiger partial charge in [-0.2, -0.15) is 5.10 Å². The zero-order valence-electron chi connectivity index (χ0n) is 28.3. The molecule has 2 aliphatic heterocycles. The lowest BCUT2D eigenvalue weighted by atomic mass is 9.87. The van der Waals surface area contributed by atoms with E-state index in [0.29, 0.717) is 30.8 Å². The summed E-state index contributed by atoms with van der Waals surface area (Å²) in [5.41, 5.74) is 3.13. The lowest BCUT2D eigenvalue weighted by Crippen LogP contribution is -2.46. The van der Waals surface area contributed by atoms with Crippen LogP contribution in [0.25, 0.3) is 0 Å². The highest BCUT2D eigenvalue weighted by molar-refractivity contribution is 5.94. The van der Waals surface area contributed by atoms with Crippen molar-refractivity contribution in [2.45, 2.75) is 63.3 Å². The van der Waals surface area contributed by atoms with Crippen LogP contribution in [0, 0.1) is 24.5 Å². The predicted octanol–water partition coefficient (Wildman–Crippen LogP) is 5.24. The molecule has 2 saturated heterocycles. The lowest BCUT2D eigenvalue weighted by Gasteiger charge is -2.37. The van der Waals surface area contributed by atoms with Crippen LogP contribution in [0.4, 0.5) is 20.2 Å². The molecule has 10 nitrogen and oxygen atoms in total. The number of anilines is 2. The fourth-order valence-electron chi connectivity index (χ4n) is 7.56. The minimum absolute atomic E-state index is 0.0108. The van der Waals surface area contributed by atoms with Crippen LogP contribution in [0.2, 0.25) is 0 Å². The quantitative estimate of drug-likeness (QED) is 0.234. The Bertz CT molecular complexity index is 1770. The van der Waals surface area contributed by atoms with Crippen LogP contribution in [-0.2, 0) is 16.9 Å². The number of hydrogen-bond donors (Lipinski definition) is 2. The van der Waals surface area contributed by atoms with Crippen molar-refractivity contribution in [1.29, 1.82) is 0 Å². The highest BCUT2D eigenvalue weighted by Gasteiger charge is 2.44. The molecule has 3 fully saturated rings. The molecule has 0 spiro atoms. The number of carbonyl (C=O) groups is 1. The Kier molecular flexibility index (Phi) is 10.0. The number of aryl methyl sites for hydroxylation is 1. The Morgan fingerprint density at radius 3 is 2.44 bits per heavy atom. The number of piperazine rings is 1. The smallest absolute Gasteiger partial charge is 0.251 e. The SMILES string of the molecule is Cc1cc(N2CCN(c3ccc(C(=O)NC4CCCCC4O)cc3)CC2)ccc1OC[C@@H]1CO[C@@](Cn2cncn2)(c2ccc(F)cc2F)C1. The normalized spacial score (nSPS) is 24.0. The minimum Gasteiger partial charge on any atom is -0.493 e. The zero-order chi connectivity index (χ0) is 34.7. The molecule has 50 heavy (non-hydrogen) atoms. The molecule has 3 aliphatic rings. The average Bonchev–Trinajstić information content (AvgIpc) is 3.79. The van der Waals surface area contributed by atoms with Crippen LogP contribution in [0.5, 0.6) is 5.75 Å². The van der Waals surface area contributed by atoms with Crippen LogP contribution in [0.1, 0.15) is 53.6 Å². The molecule has 4 aromatic rings. The first-order chi connectivity index (χ1) is 24.3. The maximum absolute atomic E-state index is 15.0. The molecule has 1 saturated carbocycles. The van der Waals surface area contributed by atoms with E-state index < -0.39 is 23.3 Å². The van der Waals surface area contributed by atoms with Crippen molar-refractivity contribution in [3.05, 3.63) is 102 Å². The summed E-state index contributed by atoms with van der Waals surface area (Å²) in [6, 6.07) is 17.4. The third kappa shape index (κ3) is 7.46. The number of aromatic nitrogens is 3. The number of hydrogen-bond acceptors (Lipinski definition) is 8. The predicted molar refractivity (Wildman–Crippen MR) is 185 cm³/mol. The number of aliphatic hydroxyl groups excluding tert-OH is 1. The van der Waals surface area contributed by atoms with E-state index in [1.807, 2.05) is 37.3 Å². The van der Waals surface area contributed by atoms with Gasteiger partial charge in [-0.3, -0.25) is 4.79 Å². The molecule has 3 aromatic carbocycles. The van der Waals surface area contributed by atoms with Gasteiger partial charge in [0.05, 0.1) is 31.9 Å². The van der Waals surface area contributed by atoms with Crippen LogP contribution >= 0.6 is 0 Å². The van der Waals surface area contributed by atoms with Crippen molar-refractivity contribution in [3.63, 3.8) is 0 Å².